The summed E-state index contributed by atoms with van der Waals surface area (Å²) in [6.07, 6.45) is 2.93. The van der Waals surface area contributed by atoms with Crippen molar-refractivity contribution in [2.75, 3.05) is 43.0 Å². The van der Waals surface area contributed by atoms with Gasteiger partial charge in [0, 0.05) is 32.2 Å². The fourth-order valence-electron chi connectivity index (χ4n) is 2.54. The number of nitrogens with one attached hydrogen (secondary N) is 1. The summed E-state index contributed by atoms with van der Waals surface area (Å²) in [5.41, 5.74) is 0. The first-order valence-electron chi connectivity index (χ1n) is 8.01. The van der Waals surface area contributed by atoms with Crippen molar-refractivity contribution < 1.29 is 13.9 Å². The molecular formula is C16H21N5O3. The van der Waals surface area contributed by atoms with Crippen molar-refractivity contribution in [3.63, 3.8) is 0 Å². The first-order valence-corrected chi connectivity index (χ1v) is 8.01. The molecule has 2 aromatic heterocycles. The third-order valence-corrected chi connectivity index (χ3v) is 3.81. The topological polar surface area (TPSA) is 83.7 Å². The van der Waals surface area contributed by atoms with Gasteiger partial charge in [0.05, 0.1) is 19.4 Å². The number of rotatable bonds is 5. The van der Waals surface area contributed by atoms with Crippen LogP contribution < -0.4 is 10.2 Å². The van der Waals surface area contributed by atoms with Gasteiger partial charge in [-0.2, -0.15) is 0 Å². The molecule has 1 amide bonds. The molecule has 0 radical (unpaired) electrons. The largest absolute Gasteiger partial charge is 0.467 e. The molecule has 0 atom stereocenters. The van der Waals surface area contributed by atoms with Gasteiger partial charge in [0.25, 0.3) is 0 Å². The molecule has 2 aromatic rings. The van der Waals surface area contributed by atoms with Crippen molar-refractivity contribution in [2.24, 2.45) is 0 Å². The average molecular weight is 331 g/mol. The van der Waals surface area contributed by atoms with Crippen LogP contribution in [0.3, 0.4) is 0 Å². The number of furan rings is 1. The Bertz CT molecular complexity index is 653. The van der Waals surface area contributed by atoms with Crippen molar-refractivity contribution in [3.8, 4) is 0 Å². The highest BCUT2D eigenvalue weighted by molar-refractivity contribution is 5.68. The summed E-state index contributed by atoms with van der Waals surface area (Å²) in [7, 11) is 0. The summed E-state index contributed by atoms with van der Waals surface area (Å²) in [5.74, 6) is 2.43. The van der Waals surface area contributed by atoms with Gasteiger partial charge in [0.2, 0.25) is 0 Å². The van der Waals surface area contributed by atoms with E-state index in [2.05, 4.69) is 20.2 Å². The van der Waals surface area contributed by atoms with Crippen molar-refractivity contribution in [2.45, 2.75) is 13.5 Å². The van der Waals surface area contributed by atoms with Crippen LogP contribution in [0.2, 0.25) is 0 Å². The van der Waals surface area contributed by atoms with Gasteiger partial charge < -0.3 is 24.3 Å². The highest BCUT2D eigenvalue weighted by Crippen LogP contribution is 2.17. The Morgan fingerprint density at radius 3 is 2.88 bits per heavy atom. The lowest BCUT2D eigenvalue weighted by Gasteiger charge is -2.34. The lowest BCUT2D eigenvalue weighted by Crippen LogP contribution is -2.49. The molecule has 1 fully saturated rings. The van der Waals surface area contributed by atoms with Crippen LogP contribution in [-0.4, -0.2) is 53.7 Å². The quantitative estimate of drug-likeness (QED) is 0.896. The normalized spacial score (nSPS) is 14.5. The second kappa shape index (κ2) is 7.67. The Kier molecular flexibility index (Phi) is 5.15. The van der Waals surface area contributed by atoms with Crippen LogP contribution >= 0.6 is 0 Å². The molecule has 0 unspecified atom stereocenters. The maximum Gasteiger partial charge on any atom is 0.409 e. The summed E-state index contributed by atoms with van der Waals surface area (Å²) < 4.78 is 10.3. The van der Waals surface area contributed by atoms with Crippen LogP contribution in [0.5, 0.6) is 0 Å². The first kappa shape index (κ1) is 16.1. The molecule has 0 bridgehead atoms. The Labute approximate surface area is 140 Å². The maximum absolute atomic E-state index is 11.7. The van der Waals surface area contributed by atoms with Crippen LogP contribution in [0.1, 0.15) is 12.7 Å². The predicted octanol–water partition coefficient (Wildman–Crippen LogP) is 1.96. The van der Waals surface area contributed by atoms with E-state index in [4.69, 9.17) is 9.15 Å². The summed E-state index contributed by atoms with van der Waals surface area (Å²) in [6, 6.07) is 5.66. The molecule has 3 rings (SSSR count). The Hall–Kier alpha value is -2.77. The molecule has 24 heavy (non-hydrogen) atoms. The van der Waals surface area contributed by atoms with Crippen LogP contribution in [0.25, 0.3) is 0 Å². The van der Waals surface area contributed by atoms with E-state index in [1.807, 2.05) is 25.1 Å². The number of nitrogens with zero attached hydrogens (tertiary/aromatic N) is 4. The second-order valence-electron chi connectivity index (χ2n) is 5.37. The molecule has 0 spiro atoms. The van der Waals surface area contributed by atoms with Crippen molar-refractivity contribution >= 4 is 17.7 Å². The number of aromatic nitrogens is 2. The maximum atomic E-state index is 11.7. The zero-order chi connectivity index (χ0) is 16.8. The van der Waals surface area contributed by atoms with E-state index in [-0.39, 0.29) is 6.09 Å². The van der Waals surface area contributed by atoms with Crippen LogP contribution in [-0.2, 0) is 11.3 Å². The number of carbonyl (C=O) groups is 1. The molecule has 3 heterocycles. The van der Waals surface area contributed by atoms with Gasteiger partial charge in [-0.1, -0.05) is 0 Å². The molecule has 1 aliphatic heterocycles. The minimum absolute atomic E-state index is 0.249. The Balaban J connectivity index is 1.55. The van der Waals surface area contributed by atoms with Gasteiger partial charge in [0.1, 0.15) is 23.7 Å². The highest BCUT2D eigenvalue weighted by atomic mass is 16.6. The SMILES string of the molecule is CCOC(=O)N1CCN(c2cc(NCc3ccco3)ncn2)CC1. The number of piperazine rings is 1. The van der Waals surface area contributed by atoms with Crippen molar-refractivity contribution in [1.29, 1.82) is 0 Å². The van der Waals surface area contributed by atoms with Crippen molar-refractivity contribution in [3.05, 3.63) is 36.5 Å². The molecule has 1 aliphatic rings. The number of anilines is 2. The second-order valence-corrected chi connectivity index (χ2v) is 5.37. The monoisotopic (exact) mass is 331 g/mol. The molecular weight excluding hydrogens is 310 g/mol. The molecule has 128 valence electrons. The molecule has 0 aliphatic carbocycles. The fourth-order valence-corrected chi connectivity index (χ4v) is 2.54. The number of hydrogen-bond donors (Lipinski definition) is 1. The average Bonchev–Trinajstić information content (AvgIpc) is 3.14. The summed E-state index contributed by atoms with van der Waals surface area (Å²) >= 11 is 0. The Morgan fingerprint density at radius 1 is 1.33 bits per heavy atom. The zero-order valence-electron chi connectivity index (χ0n) is 13.6. The lowest BCUT2D eigenvalue weighted by atomic mass is 10.3. The van der Waals surface area contributed by atoms with Gasteiger partial charge in [-0.25, -0.2) is 14.8 Å². The number of ether oxygens (including phenoxy) is 1. The summed E-state index contributed by atoms with van der Waals surface area (Å²) in [6.45, 7) is 5.46. The van der Waals surface area contributed by atoms with Gasteiger partial charge in [-0.05, 0) is 19.1 Å². The van der Waals surface area contributed by atoms with Gasteiger partial charge in [0.15, 0.2) is 0 Å². The molecule has 0 saturated carbocycles. The van der Waals surface area contributed by atoms with E-state index in [1.165, 1.54) is 6.33 Å². The minimum Gasteiger partial charge on any atom is -0.467 e. The Morgan fingerprint density at radius 2 is 2.17 bits per heavy atom. The number of hydrogen-bond acceptors (Lipinski definition) is 7. The van der Waals surface area contributed by atoms with Gasteiger partial charge >= 0.3 is 6.09 Å². The van der Waals surface area contributed by atoms with Gasteiger partial charge in [-0.3, -0.25) is 0 Å². The molecule has 8 nitrogen and oxygen atoms in total. The highest BCUT2D eigenvalue weighted by Gasteiger charge is 2.22. The predicted molar refractivity (Wildman–Crippen MR) is 88.9 cm³/mol. The van der Waals surface area contributed by atoms with E-state index < -0.39 is 0 Å². The molecule has 8 heteroatoms. The summed E-state index contributed by atoms with van der Waals surface area (Å²) in [4.78, 5) is 24.1. The van der Waals surface area contributed by atoms with E-state index in [0.717, 1.165) is 17.4 Å². The molecule has 1 saturated heterocycles. The van der Waals surface area contributed by atoms with E-state index in [0.29, 0.717) is 39.3 Å². The van der Waals surface area contributed by atoms with E-state index >= 15 is 0 Å². The minimum atomic E-state index is -0.249. The van der Waals surface area contributed by atoms with Crippen LogP contribution in [0, 0.1) is 0 Å². The first-order chi connectivity index (χ1) is 11.8. The fraction of sp³-hybridized carbons (Fsp3) is 0.438. The third-order valence-electron chi connectivity index (χ3n) is 3.81. The van der Waals surface area contributed by atoms with Crippen LogP contribution in [0.4, 0.5) is 16.4 Å². The standard InChI is InChI=1S/C16H21N5O3/c1-2-23-16(22)21-7-5-20(6-8-21)15-10-14(18-12-19-15)17-11-13-4-3-9-24-13/h3-4,9-10,12H,2,5-8,11H2,1H3,(H,17,18,19). The van der Waals surface area contributed by atoms with Crippen molar-refractivity contribution in [1.82, 2.24) is 14.9 Å². The molecule has 1 N–H and O–H groups in total. The smallest absolute Gasteiger partial charge is 0.409 e. The summed E-state index contributed by atoms with van der Waals surface area (Å²) in [5, 5.41) is 3.21. The zero-order valence-corrected chi connectivity index (χ0v) is 13.6. The van der Waals surface area contributed by atoms with Gasteiger partial charge in [-0.15, -0.1) is 0 Å². The van der Waals surface area contributed by atoms with E-state index in [1.54, 1.807) is 11.2 Å². The molecule has 0 aromatic carbocycles. The lowest BCUT2D eigenvalue weighted by molar-refractivity contribution is 0.105. The van der Waals surface area contributed by atoms with Crippen LogP contribution in [0.15, 0.2) is 35.2 Å². The number of carbonyl (C=O) groups excluding carboxylic acids is 1. The third kappa shape index (κ3) is 3.95. The van der Waals surface area contributed by atoms with E-state index in [9.17, 15) is 4.79 Å². The number of amides is 1.